The van der Waals surface area contributed by atoms with E-state index in [2.05, 4.69) is 15.5 Å². The number of aryl methyl sites for hydroxylation is 1. The van der Waals surface area contributed by atoms with Gasteiger partial charge in [-0.05, 0) is 55.0 Å². The molecular formula is C17H21N3O2S. The summed E-state index contributed by atoms with van der Waals surface area (Å²) < 4.78 is 5.27. The van der Waals surface area contributed by atoms with Gasteiger partial charge in [0.2, 0.25) is 5.89 Å². The van der Waals surface area contributed by atoms with Gasteiger partial charge in [-0.25, -0.2) is 0 Å². The summed E-state index contributed by atoms with van der Waals surface area (Å²) in [5.41, 5.74) is 2.67. The molecule has 2 aliphatic carbocycles. The van der Waals surface area contributed by atoms with Crippen LogP contribution in [0.15, 0.2) is 9.90 Å². The molecule has 0 N–H and O–H groups in total. The molecule has 4 rings (SSSR count). The number of aromatic nitrogens is 2. The second-order valence-electron chi connectivity index (χ2n) is 6.58. The number of rotatable bonds is 5. The van der Waals surface area contributed by atoms with Crippen molar-refractivity contribution in [3.63, 3.8) is 0 Å². The minimum Gasteiger partial charge on any atom is -0.341 e. The van der Waals surface area contributed by atoms with Gasteiger partial charge < -0.3 is 9.42 Å². The Labute approximate surface area is 139 Å². The number of fused-ring (bicyclic) bond motifs is 1. The second kappa shape index (κ2) is 6.07. The topological polar surface area (TPSA) is 59.2 Å². The molecule has 0 spiro atoms. The molecule has 5 nitrogen and oxygen atoms in total. The van der Waals surface area contributed by atoms with Crippen molar-refractivity contribution in [2.45, 2.75) is 50.9 Å². The van der Waals surface area contributed by atoms with Gasteiger partial charge in [-0.3, -0.25) is 4.79 Å². The molecule has 0 atom stereocenters. The number of carbonyl (C=O) groups is 1. The SMILES string of the molecule is CN(CCc1noc(C2CC2)n1)C(=O)c1scc2c1CCCC2. The molecule has 0 aliphatic heterocycles. The first-order valence-corrected chi connectivity index (χ1v) is 9.27. The lowest BCUT2D eigenvalue weighted by molar-refractivity contribution is 0.0799. The van der Waals surface area contributed by atoms with Crippen molar-refractivity contribution in [1.82, 2.24) is 15.0 Å². The average molecular weight is 331 g/mol. The van der Waals surface area contributed by atoms with E-state index in [1.54, 1.807) is 16.2 Å². The normalized spacial score (nSPS) is 17.1. The first-order valence-electron chi connectivity index (χ1n) is 8.39. The van der Waals surface area contributed by atoms with Crippen molar-refractivity contribution in [2.75, 3.05) is 13.6 Å². The third kappa shape index (κ3) is 3.04. The lowest BCUT2D eigenvalue weighted by atomic mass is 9.94. The summed E-state index contributed by atoms with van der Waals surface area (Å²) in [7, 11) is 1.86. The van der Waals surface area contributed by atoms with Gasteiger partial charge in [-0.1, -0.05) is 5.16 Å². The summed E-state index contributed by atoms with van der Waals surface area (Å²) in [4.78, 5) is 19.8. The van der Waals surface area contributed by atoms with Crippen LogP contribution in [-0.2, 0) is 19.3 Å². The zero-order valence-corrected chi connectivity index (χ0v) is 14.2. The summed E-state index contributed by atoms with van der Waals surface area (Å²) in [5.74, 6) is 2.08. The van der Waals surface area contributed by atoms with Crippen molar-refractivity contribution >= 4 is 17.2 Å². The smallest absolute Gasteiger partial charge is 0.263 e. The van der Waals surface area contributed by atoms with Gasteiger partial charge in [0.1, 0.15) is 0 Å². The average Bonchev–Trinajstić information content (AvgIpc) is 3.17. The predicted molar refractivity (Wildman–Crippen MR) is 87.9 cm³/mol. The van der Waals surface area contributed by atoms with E-state index in [9.17, 15) is 4.79 Å². The van der Waals surface area contributed by atoms with Crippen LogP contribution in [-0.4, -0.2) is 34.5 Å². The third-order valence-electron chi connectivity index (χ3n) is 4.73. The minimum atomic E-state index is 0.129. The Kier molecular flexibility index (Phi) is 3.93. The highest BCUT2D eigenvalue weighted by Crippen LogP contribution is 2.38. The molecule has 2 aliphatic rings. The van der Waals surface area contributed by atoms with Crippen molar-refractivity contribution in [3.05, 3.63) is 33.1 Å². The van der Waals surface area contributed by atoms with Crippen LogP contribution in [0.4, 0.5) is 0 Å². The van der Waals surface area contributed by atoms with Gasteiger partial charge in [-0.15, -0.1) is 11.3 Å². The van der Waals surface area contributed by atoms with Gasteiger partial charge >= 0.3 is 0 Å². The number of likely N-dealkylation sites (N-methyl/N-ethyl adjacent to an activating group) is 1. The maximum atomic E-state index is 12.7. The van der Waals surface area contributed by atoms with Gasteiger partial charge in [0.05, 0.1) is 4.88 Å². The van der Waals surface area contributed by atoms with Crippen LogP contribution < -0.4 is 0 Å². The standard InChI is InChI=1S/C17H21N3O2S/c1-20(9-8-14-18-16(22-19-14)11-6-7-11)17(21)15-13-5-3-2-4-12(13)10-23-15/h10-11H,2-9H2,1H3. The molecule has 2 aromatic heterocycles. The molecule has 1 fully saturated rings. The fourth-order valence-corrected chi connectivity index (χ4v) is 4.26. The molecule has 6 heteroatoms. The van der Waals surface area contributed by atoms with Crippen LogP contribution in [0.3, 0.4) is 0 Å². The van der Waals surface area contributed by atoms with E-state index in [1.807, 2.05) is 7.05 Å². The molecule has 0 aromatic carbocycles. The molecule has 2 aromatic rings. The Morgan fingerprint density at radius 1 is 1.39 bits per heavy atom. The number of hydrogen-bond donors (Lipinski definition) is 0. The van der Waals surface area contributed by atoms with Crippen LogP contribution in [0.5, 0.6) is 0 Å². The maximum Gasteiger partial charge on any atom is 0.263 e. The molecule has 2 heterocycles. The highest BCUT2D eigenvalue weighted by atomic mass is 32.1. The van der Waals surface area contributed by atoms with Gasteiger partial charge in [0.15, 0.2) is 5.82 Å². The van der Waals surface area contributed by atoms with Crippen molar-refractivity contribution in [2.24, 2.45) is 0 Å². The van der Waals surface area contributed by atoms with Crippen LogP contribution >= 0.6 is 11.3 Å². The van der Waals surface area contributed by atoms with Crippen molar-refractivity contribution in [3.8, 4) is 0 Å². The second-order valence-corrected chi connectivity index (χ2v) is 7.46. The number of carbonyl (C=O) groups excluding carboxylic acids is 1. The molecule has 0 bridgehead atoms. The summed E-state index contributed by atoms with van der Waals surface area (Å²) in [6.07, 6.45) is 7.56. The van der Waals surface area contributed by atoms with Crippen LogP contribution in [0, 0.1) is 0 Å². The van der Waals surface area contributed by atoms with E-state index in [0.717, 1.165) is 36.5 Å². The minimum absolute atomic E-state index is 0.129. The van der Waals surface area contributed by atoms with Crippen LogP contribution in [0.25, 0.3) is 0 Å². The van der Waals surface area contributed by atoms with E-state index < -0.39 is 0 Å². The Morgan fingerprint density at radius 3 is 3.04 bits per heavy atom. The molecule has 1 amide bonds. The summed E-state index contributed by atoms with van der Waals surface area (Å²) in [5, 5.41) is 6.18. The lowest BCUT2D eigenvalue weighted by Crippen LogP contribution is -2.29. The number of thiophene rings is 1. The first kappa shape index (κ1) is 14.9. The van der Waals surface area contributed by atoms with Gasteiger partial charge in [0, 0.05) is 25.9 Å². The molecular weight excluding hydrogens is 310 g/mol. The molecule has 122 valence electrons. The Bertz CT molecular complexity index is 717. The van der Waals surface area contributed by atoms with Gasteiger partial charge in [0.25, 0.3) is 5.91 Å². The number of amides is 1. The zero-order chi connectivity index (χ0) is 15.8. The first-order chi connectivity index (χ1) is 11.2. The van der Waals surface area contributed by atoms with Crippen LogP contribution in [0.1, 0.15) is 64.1 Å². The largest absolute Gasteiger partial charge is 0.341 e. The number of hydrogen-bond acceptors (Lipinski definition) is 5. The summed E-state index contributed by atoms with van der Waals surface area (Å²) in [6, 6.07) is 0. The third-order valence-corrected chi connectivity index (χ3v) is 5.78. The lowest BCUT2D eigenvalue weighted by Gasteiger charge is -2.18. The quantitative estimate of drug-likeness (QED) is 0.844. The van der Waals surface area contributed by atoms with E-state index in [0.29, 0.717) is 24.7 Å². The molecule has 1 saturated carbocycles. The zero-order valence-electron chi connectivity index (χ0n) is 13.4. The van der Waals surface area contributed by atoms with E-state index >= 15 is 0 Å². The Morgan fingerprint density at radius 2 is 2.22 bits per heavy atom. The molecule has 0 radical (unpaired) electrons. The van der Waals surface area contributed by atoms with Crippen molar-refractivity contribution in [1.29, 1.82) is 0 Å². The predicted octanol–water partition coefficient (Wildman–Crippen LogP) is 3.20. The molecule has 0 unspecified atom stereocenters. The summed E-state index contributed by atoms with van der Waals surface area (Å²) in [6.45, 7) is 0.620. The van der Waals surface area contributed by atoms with E-state index in [4.69, 9.17) is 4.52 Å². The fraction of sp³-hybridized carbons (Fsp3) is 0.588. The van der Waals surface area contributed by atoms with Crippen molar-refractivity contribution < 1.29 is 9.32 Å². The van der Waals surface area contributed by atoms with E-state index in [1.165, 1.54) is 24.0 Å². The highest BCUT2D eigenvalue weighted by Gasteiger charge is 2.29. The Balaban J connectivity index is 1.38. The molecule has 23 heavy (non-hydrogen) atoms. The Hall–Kier alpha value is -1.69. The maximum absolute atomic E-state index is 12.7. The summed E-state index contributed by atoms with van der Waals surface area (Å²) >= 11 is 1.60. The highest BCUT2D eigenvalue weighted by molar-refractivity contribution is 7.12. The van der Waals surface area contributed by atoms with Crippen LogP contribution in [0.2, 0.25) is 0 Å². The van der Waals surface area contributed by atoms with Gasteiger partial charge in [-0.2, -0.15) is 4.98 Å². The van der Waals surface area contributed by atoms with E-state index in [-0.39, 0.29) is 5.91 Å². The monoisotopic (exact) mass is 331 g/mol. The fourth-order valence-electron chi connectivity index (χ4n) is 3.11. The molecule has 0 saturated heterocycles. The number of nitrogens with zero attached hydrogens (tertiary/aromatic N) is 3.